The van der Waals surface area contributed by atoms with Gasteiger partial charge in [0.05, 0.1) is 25.8 Å². The number of aliphatic hydroxyl groups excluding tert-OH is 1. The van der Waals surface area contributed by atoms with E-state index in [2.05, 4.69) is 0 Å². The average molecular weight is 267 g/mol. The van der Waals surface area contributed by atoms with Gasteiger partial charge in [-0.05, 0) is 37.6 Å². The maximum atomic E-state index is 13.2. The van der Waals surface area contributed by atoms with Crippen LogP contribution in [0.15, 0.2) is 18.2 Å². The lowest BCUT2D eigenvalue weighted by Crippen LogP contribution is -2.36. The fourth-order valence-corrected chi connectivity index (χ4v) is 2.48. The number of Topliss-reactive ketones (excluding diaryl/α,β-unsaturated/α-hetero) is 1. The Hall–Kier alpha value is -1.46. The van der Waals surface area contributed by atoms with Gasteiger partial charge in [-0.25, -0.2) is 4.39 Å². The summed E-state index contributed by atoms with van der Waals surface area (Å²) in [7, 11) is 1.45. The van der Waals surface area contributed by atoms with Crippen molar-refractivity contribution in [3.63, 3.8) is 0 Å². The molecule has 1 aliphatic heterocycles. The van der Waals surface area contributed by atoms with Crippen molar-refractivity contribution in [2.45, 2.75) is 18.9 Å². The highest BCUT2D eigenvalue weighted by Gasteiger charge is 2.26. The van der Waals surface area contributed by atoms with Crippen molar-refractivity contribution in [2.24, 2.45) is 0 Å². The number of carbonyl (C=O) groups excluding carboxylic acids is 1. The molecule has 0 bridgehead atoms. The second-order valence-electron chi connectivity index (χ2n) is 4.72. The molecule has 1 N–H and O–H groups in total. The maximum Gasteiger partial charge on any atom is 0.180 e. The largest absolute Gasteiger partial charge is 0.496 e. The highest BCUT2D eigenvalue weighted by molar-refractivity contribution is 6.00. The molecular formula is C14H18FNO3. The highest BCUT2D eigenvalue weighted by Crippen LogP contribution is 2.22. The summed E-state index contributed by atoms with van der Waals surface area (Å²) in [6.07, 6.45) is 1.86. The molecule has 0 spiro atoms. The first-order valence-electron chi connectivity index (χ1n) is 6.37. The average Bonchev–Trinajstić information content (AvgIpc) is 2.85. The van der Waals surface area contributed by atoms with Crippen LogP contribution in [0.1, 0.15) is 23.2 Å². The minimum absolute atomic E-state index is 0.0310. The molecule has 0 saturated carbocycles. The first kappa shape index (κ1) is 14.0. The molecule has 0 radical (unpaired) electrons. The lowest BCUT2D eigenvalue weighted by Gasteiger charge is -2.22. The van der Waals surface area contributed by atoms with Crippen LogP contribution in [0.3, 0.4) is 0 Å². The number of hydrogen-bond donors (Lipinski definition) is 1. The molecule has 1 unspecified atom stereocenters. The van der Waals surface area contributed by atoms with Gasteiger partial charge < -0.3 is 9.84 Å². The summed E-state index contributed by atoms with van der Waals surface area (Å²) in [5, 5.41) is 9.23. The number of ether oxygens (including phenoxy) is 1. The first-order chi connectivity index (χ1) is 9.15. The van der Waals surface area contributed by atoms with Gasteiger partial charge in [-0.2, -0.15) is 0 Å². The monoisotopic (exact) mass is 267 g/mol. The Labute approximate surface area is 111 Å². The van der Waals surface area contributed by atoms with E-state index in [1.54, 1.807) is 0 Å². The normalized spacial score (nSPS) is 19.6. The van der Waals surface area contributed by atoms with Gasteiger partial charge in [0.1, 0.15) is 11.6 Å². The highest BCUT2D eigenvalue weighted by atomic mass is 19.1. The Kier molecular flexibility index (Phi) is 4.50. The molecule has 0 aliphatic carbocycles. The lowest BCUT2D eigenvalue weighted by atomic mass is 10.1. The lowest BCUT2D eigenvalue weighted by molar-refractivity contribution is 0.0884. The predicted molar refractivity (Wildman–Crippen MR) is 69.0 cm³/mol. The molecule has 1 atom stereocenters. The number of rotatable bonds is 5. The summed E-state index contributed by atoms with van der Waals surface area (Å²) in [6.45, 7) is 1.02. The van der Waals surface area contributed by atoms with Crippen LogP contribution in [-0.2, 0) is 0 Å². The molecule has 1 fully saturated rings. The molecular weight excluding hydrogens is 249 g/mol. The molecule has 1 heterocycles. The minimum Gasteiger partial charge on any atom is -0.496 e. The zero-order valence-electron chi connectivity index (χ0n) is 10.9. The van der Waals surface area contributed by atoms with Crippen LogP contribution < -0.4 is 4.74 Å². The number of carbonyl (C=O) groups is 1. The quantitative estimate of drug-likeness (QED) is 0.821. The Morgan fingerprint density at radius 2 is 2.37 bits per heavy atom. The van der Waals surface area contributed by atoms with E-state index in [-0.39, 0.29) is 30.5 Å². The standard InChI is InChI=1S/C14H18FNO3/c1-19-14-5-4-10(15)7-12(14)13(18)8-16-6-2-3-11(16)9-17/h4-5,7,11,17H,2-3,6,8-9H2,1H3. The number of aliphatic hydroxyl groups is 1. The van der Waals surface area contributed by atoms with E-state index >= 15 is 0 Å². The minimum atomic E-state index is -0.454. The second kappa shape index (κ2) is 6.12. The zero-order chi connectivity index (χ0) is 13.8. The number of ketones is 1. The summed E-state index contributed by atoms with van der Waals surface area (Å²) < 4.78 is 18.3. The van der Waals surface area contributed by atoms with E-state index in [9.17, 15) is 14.3 Å². The van der Waals surface area contributed by atoms with Crippen molar-refractivity contribution in [1.82, 2.24) is 4.90 Å². The van der Waals surface area contributed by atoms with Crippen molar-refractivity contribution in [1.29, 1.82) is 0 Å². The molecule has 5 heteroatoms. The molecule has 2 rings (SSSR count). The van der Waals surface area contributed by atoms with Crippen LogP contribution in [0.25, 0.3) is 0 Å². The summed E-state index contributed by atoms with van der Waals surface area (Å²) in [4.78, 5) is 14.2. The van der Waals surface area contributed by atoms with Gasteiger partial charge in [-0.15, -0.1) is 0 Å². The SMILES string of the molecule is COc1ccc(F)cc1C(=O)CN1CCCC1CO. The van der Waals surface area contributed by atoms with Crippen LogP contribution in [0.5, 0.6) is 5.75 Å². The van der Waals surface area contributed by atoms with E-state index in [1.165, 1.54) is 25.3 Å². The van der Waals surface area contributed by atoms with E-state index in [4.69, 9.17) is 4.74 Å². The van der Waals surface area contributed by atoms with E-state index < -0.39 is 5.82 Å². The van der Waals surface area contributed by atoms with Gasteiger partial charge in [-0.3, -0.25) is 9.69 Å². The number of hydrogen-bond acceptors (Lipinski definition) is 4. The topological polar surface area (TPSA) is 49.8 Å². The van der Waals surface area contributed by atoms with Crippen LogP contribution in [-0.4, -0.2) is 48.6 Å². The van der Waals surface area contributed by atoms with E-state index in [1.807, 2.05) is 4.90 Å². The molecule has 0 amide bonds. The molecule has 104 valence electrons. The fourth-order valence-electron chi connectivity index (χ4n) is 2.48. The second-order valence-corrected chi connectivity index (χ2v) is 4.72. The summed E-state index contributed by atoms with van der Waals surface area (Å²) in [6, 6.07) is 3.95. The van der Waals surface area contributed by atoms with Crippen molar-refractivity contribution in [2.75, 3.05) is 26.8 Å². The smallest absolute Gasteiger partial charge is 0.180 e. The summed E-state index contributed by atoms with van der Waals surface area (Å²) in [5.74, 6) is -0.257. The van der Waals surface area contributed by atoms with Crippen LogP contribution in [0, 0.1) is 5.82 Å². The van der Waals surface area contributed by atoms with Gasteiger partial charge in [0.25, 0.3) is 0 Å². The molecule has 4 nitrogen and oxygen atoms in total. The number of methoxy groups -OCH3 is 1. The van der Waals surface area contributed by atoms with Crippen molar-refractivity contribution >= 4 is 5.78 Å². The molecule has 1 aromatic carbocycles. The number of benzene rings is 1. The van der Waals surface area contributed by atoms with Crippen molar-refractivity contribution in [3.05, 3.63) is 29.6 Å². The summed E-state index contributed by atoms with van der Waals surface area (Å²) in [5.41, 5.74) is 0.256. The molecule has 1 aromatic rings. The number of likely N-dealkylation sites (tertiary alicyclic amines) is 1. The Balaban J connectivity index is 2.13. The summed E-state index contributed by atoms with van der Waals surface area (Å²) >= 11 is 0. The van der Waals surface area contributed by atoms with Crippen LogP contribution in [0.4, 0.5) is 4.39 Å². The molecule has 0 aromatic heterocycles. The number of nitrogens with zero attached hydrogens (tertiary/aromatic N) is 1. The Morgan fingerprint density at radius 3 is 3.05 bits per heavy atom. The maximum absolute atomic E-state index is 13.2. The molecule has 19 heavy (non-hydrogen) atoms. The van der Waals surface area contributed by atoms with E-state index in [0.29, 0.717) is 5.75 Å². The Bertz CT molecular complexity index is 464. The Morgan fingerprint density at radius 1 is 1.58 bits per heavy atom. The third-order valence-electron chi connectivity index (χ3n) is 3.52. The third kappa shape index (κ3) is 3.11. The molecule has 1 saturated heterocycles. The van der Waals surface area contributed by atoms with Gasteiger partial charge in [0.2, 0.25) is 0 Å². The van der Waals surface area contributed by atoms with Gasteiger partial charge in [0, 0.05) is 6.04 Å². The number of halogens is 1. The van der Waals surface area contributed by atoms with Gasteiger partial charge in [0.15, 0.2) is 5.78 Å². The van der Waals surface area contributed by atoms with Gasteiger partial charge in [-0.1, -0.05) is 0 Å². The first-order valence-corrected chi connectivity index (χ1v) is 6.37. The zero-order valence-corrected chi connectivity index (χ0v) is 10.9. The van der Waals surface area contributed by atoms with Crippen molar-refractivity contribution < 1.29 is 19.0 Å². The third-order valence-corrected chi connectivity index (χ3v) is 3.52. The van der Waals surface area contributed by atoms with Crippen LogP contribution in [0.2, 0.25) is 0 Å². The molecule has 1 aliphatic rings. The van der Waals surface area contributed by atoms with E-state index in [0.717, 1.165) is 19.4 Å². The van der Waals surface area contributed by atoms with Crippen molar-refractivity contribution in [3.8, 4) is 5.75 Å². The van der Waals surface area contributed by atoms with Crippen LogP contribution >= 0.6 is 0 Å². The fraction of sp³-hybridized carbons (Fsp3) is 0.500. The van der Waals surface area contributed by atoms with Gasteiger partial charge >= 0.3 is 0 Å². The predicted octanol–water partition coefficient (Wildman–Crippen LogP) is 1.47.